The van der Waals surface area contributed by atoms with Gasteiger partial charge in [-0.25, -0.2) is 18.6 Å². The second-order valence-electron chi connectivity index (χ2n) is 7.31. The second kappa shape index (κ2) is 11.3. The Bertz CT molecular complexity index is 794. The number of carbonyl (C=O) groups is 1. The van der Waals surface area contributed by atoms with Crippen LogP contribution >= 0.6 is 0 Å². The van der Waals surface area contributed by atoms with Crippen molar-refractivity contribution in [2.45, 2.75) is 45.2 Å². The molecule has 1 aromatic carbocycles. The number of alkyl halides is 2. The number of hydrogen-bond donors (Lipinski definition) is 2. The first-order valence-electron chi connectivity index (χ1n) is 10.3. The van der Waals surface area contributed by atoms with E-state index in [4.69, 9.17) is 4.74 Å². The number of aromatic nitrogens is 1. The van der Waals surface area contributed by atoms with E-state index in [2.05, 4.69) is 20.5 Å². The number of ether oxygens (including phenoxy) is 1. The summed E-state index contributed by atoms with van der Waals surface area (Å²) < 4.78 is 29.5. The van der Waals surface area contributed by atoms with Gasteiger partial charge in [-0.05, 0) is 42.2 Å². The molecule has 0 saturated carbocycles. The number of nitrogens with one attached hydrogen (secondary N) is 2. The molecular weight excluding hydrogens is 390 g/mol. The van der Waals surface area contributed by atoms with Crippen molar-refractivity contribution in [1.82, 2.24) is 15.6 Å². The molecule has 8 heteroatoms. The van der Waals surface area contributed by atoms with Crippen molar-refractivity contribution in [3.05, 3.63) is 53.7 Å². The molecule has 0 radical (unpaired) electrons. The standard InChI is InChI=1S/C22H28F2N4O2/c23-20(24)16-30-19-7-5-6-17(12-19)13-26-22(29)27-15-18-8-9-21(25-14-18)28-10-3-1-2-4-11-28/h5-9,12,14,20H,1-4,10-11,13,15-16H2,(H2,26,27,29). The maximum atomic E-state index is 12.2. The number of carbonyl (C=O) groups excluding carboxylic acids is 1. The molecule has 3 rings (SSSR count). The number of rotatable bonds is 8. The van der Waals surface area contributed by atoms with Crippen LogP contribution in [-0.4, -0.2) is 37.1 Å². The smallest absolute Gasteiger partial charge is 0.315 e. The van der Waals surface area contributed by atoms with Crippen molar-refractivity contribution in [2.75, 3.05) is 24.6 Å². The molecule has 1 aliphatic heterocycles. The summed E-state index contributed by atoms with van der Waals surface area (Å²) in [6, 6.07) is 10.4. The fraction of sp³-hybridized carbons (Fsp3) is 0.455. The van der Waals surface area contributed by atoms with Crippen LogP contribution in [-0.2, 0) is 13.1 Å². The summed E-state index contributed by atoms with van der Waals surface area (Å²) in [5, 5.41) is 5.55. The number of nitrogens with zero attached hydrogens (tertiary/aromatic N) is 2. The summed E-state index contributed by atoms with van der Waals surface area (Å²) in [6.07, 6.45) is 4.23. The molecule has 2 heterocycles. The SMILES string of the molecule is O=C(NCc1ccc(N2CCCCCC2)nc1)NCc1cccc(OCC(F)F)c1. The summed E-state index contributed by atoms with van der Waals surface area (Å²) >= 11 is 0. The molecule has 1 fully saturated rings. The lowest BCUT2D eigenvalue weighted by Gasteiger charge is -2.21. The van der Waals surface area contributed by atoms with Crippen LogP contribution < -0.4 is 20.3 Å². The molecular formula is C22H28F2N4O2. The molecule has 1 aromatic heterocycles. The molecule has 2 amide bonds. The van der Waals surface area contributed by atoms with Gasteiger partial charge in [0.2, 0.25) is 0 Å². The van der Waals surface area contributed by atoms with E-state index >= 15 is 0 Å². The van der Waals surface area contributed by atoms with Gasteiger partial charge in [-0.2, -0.15) is 0 Å². The van der Waals surface area contributed by atoms with Crippen molar-refractivity contribution >= 4 is 11.8 Å². The molecule has 1 aliphatic rings. The number of benzene rings is 1. The van der Waals surface area contributed by atoms with Crippen LogP contribution in [0.3, 0.4) is 0 Å². The minimum absolute atomic E-state index is 0.268. The fourth-order valence-corrected chi connectivity index (χ4v) is 3.34. The number of amides is 2. The predicted octanol–water partition coefficient (Wildman–Crippen LogP) is 4.11. The van der Waals surface area contributed by atoms with E-state index in [-0.39, 0.29) is 12.6 Å². The van der Waals surface area contributed by atoms with Gasteiger partial charge in [-0.1, -0.05) is 31.0 Å². The Labute approximate surface area is 175 Å². The first-order chi connectivity index (χ1) is 14.6. The lowest BCUT2D eigenvalue weighted by Crippen LogP contribution is -2.34. The molecule has 0 aliphatic carbocycles. The number of pyridine rings is 1. The molecule has 162 valence electrons. The van der Waals surface area contributed by atoms with Gasteiger partial charge in [0.15, 0.2) is 0 Å². The normalized spacial score (nSPS) is 14.3. The Morgan fingerprint density at radius 1 is 1.03 bits per heavy atom. The van der Waals surface area contributed by atoms with Gasteiger partial charge in [0.25, 0.3) is 6.43 Å². The van der Waals surface area contributed by atoms with Gasteiger partial charge in [-0.3, -0.25) is 0 Å². The Morgan fingerprint density at radius 2 is 1.77 bits per heavy atom. The number of anilines is 1. The molecule has 0 unspecified atom stereocenters. The first kappa shape index (κ1) is 21.8. The van der Waals surface area contributed by atoms with E-state index < -0.39 is 13.0 Å². The zero-order chi connectivity index (χ0) is 21.2. The molecule has 0 atom stereocenters. The summed E-state index contributed by atoms with van der Waals surface area (Å²) in [6.45, 7) is 2.07. The third-order valence-electron chi connectivity index (χ3n) is 4.92. The maximum absolute atomic E-state index is 12.2. The summed E-state index contributed by atoms with van der Waals surface area (Å²) in [5.41, 5.74) is 1.69. The Morgan fingerprint density at radius 3 is 2.43 bits per heavy atom. The van der Waals surface area contributed by atoms with Gasteiger partial charge in [0.05, 0.1) is 0 Å². The van der Waals surface area contributed by atoms with Crippen molar-refractivity contribution < 1.29 is 18.3 Å². The third-order valence-corrected chi connectivity index (χ3v) is 4.92. The highest BCUT2D eigenvalue weighted by molar-refractivity contribution is 5.73. The molecule has 1 saturated heterocycles. The largest absolute Gasteiger partial charge is 0.488 e. The third kappa shape index (κ3) is 7.17. The van der Waals surface area contributed by atoms with Crippen LogP contribution in [0.2, 0.25) is 0 Å². The van der Waals surface area contributed by atoms with Crippen LogP contribution in [0.5, 0.6) is 5.75 Å². The Kier molecular flexibility index (Phi) is 8.23. The second-order valence-corrected chi connectivity index (χ2v) is 7.31. The minimum Gasteiger partial charge on any atom is -0.488 e. The fourth-order valence-electron chi connectivity index (χ4n) is 3.34. The van der Waals surface area contributed by atoms with Crippen LogP contribution in [0, 0.1) is 0 Å². The zero-order valence-corrected chi connectivity index (χ0v) is 16.9. The predicted molar refractivity (Wildman–Crippen MR) is 112 cm³/mol. The van der Waals surface area contributed by atoms with E-state index in [1.54, 1.807) is 30.5 Å². The monoisotopic (exact) mass is 418 g/mol. The highest BCUT2D eigenvalue weighted by Gasteiger charge is 2.11. The van der Waals surface area contributed by atoms with Gasteiger partial charge < -0.3 is 20.3 Å². The summed E-state index contributed by atoms with van der Waals surface area (Å²) in [5.74, 6) is 1.34. The number of hydrogen-bond acceptors (Lipinski definition) is 4. The summed E-state index contributed by atoms with van der Waals surface area (Å²) in [7, 11) is 0. The van der Waals surface area contributed by atoms with E-state index in [0.717, 1.165) is 30.0 Å². The van der Waals surface area contributed by atoms with Gasteiger partial charge in [0.1, 0.15) is 18.2 Å². The number of urea groups is 1. The average Bonchev–Trinajstić information content (AvgIpc) is 3.05. The highest BCUT2D eigenvalue weighted by Crippen LogP contribution is 2.17. The zero-order valence-electron chi connectivity index (χ0n) is 16.9. The van der Waals surface area contributed by atoms with Gasteiger partial charge in [0, 0.05) is 32.4 Å². The molecule has 6 nitrogen and oxygen atoms in total. The average molecular weight is 418 g/mol. The van der Waals surface area contributed by atoms with Crippen LogP contribution in [0.25, 0.3) is 0 Å². The molecule has 0 bridgehead atoms. The summed E-state index contributed by atoms with van der Waals surface area (Å²) in [4.78, 5) is 18.9. The van der Waals surface area contributed by atoms with E-state index in [0.29, 0.717) is 12.3 Å². The molecule has 2 N–H and O–H groups in total. The van der Waals surface area contributed by atoms with Crippen molar-refractivity contribution in [3.8, 4) is 5.75 Å². The quantitative estimate of drug-likeness (QED) is 0.677. The Balaban J connectivity index is 1.42. The van der Waals surface area contributed by atoms with Gasteiger partial charge >= 0.3 is 6.03 Å². The van der Waals surface area contributed by atoms with Crippen molar-refractivity contribution in [1.29, 1.82) is 0 Å². The number of halogens is 2. The molecule has 30 heavy (non-hydrogen) atoms. The lowest BCUT2D eigenvalue weighted by molar-refractivity contribution is 0.0818. The van der Waals surface area contributed by atoms with Crippen LogP contribution in [0.4, 0.5) is 19.4 Å². The molecule has 2 aromatic rings. The highest BCUT2D eigenvalue weighted by atomic mass is 19.3. The van der Waals surface area contributed by atoms with Gasteiger partial charge in [-0.15, -0.1) is 0 Å². The van der Waals surface area contributed by atoms with E-state index in [1.807, 2.05) is 12.1 Å². The van der Waals surface area contributed by atoms with Crippen molar-refractivity contribution in [3.63, 3.8) is 0 Å². The minimum atomic E-state index is -2.52. The van der Waals surface area contributed by atoms with Crippen LogP contribution in [0.1, 0.15) is 36.8 Å². The molecule has 0 spiro atoms. The van der Waals surface area contributed by atoms with Crippen molar-refractivity contribution in [2.24, 2.45) is 0 Å². The first-order valence-corrected chi connectivity index (χ1v) is 10.3. The van der Waals surface area contributed by atoms with Crippen LogP contribution in [0.15, 0.2) is 42.6 Å². The Hall–Kier alpha value is -2.90. The lowest BCUT2D eigenvalue weighted by atomic mass is 10.2. The van der Waals surface area contributed by atoms with E-state index in [9.17, 15) is 13.6 Å². The topological polar surface area (TPSA) is 66.5 Å². The van der Waals surface area contributed by atoms with E-state index in [1.165, 1.54) is 25.7 Å². The maximum Gasteiger partial charge on any atom is 0.315 e.